The minimum atomic E-state index is -0.627. The molecule has 0 spiro atoms. The number of carbonyl (C=O) groups excluding carboxylic acids is 3. The van der Waals surface area contributed by atoms with Gasteiger partial charge in [-0.1, -0.05) is 85.5 Å². The summed E-state index contributed by atoms with van der Waals surface area (Å²) in [7, 11) is 0. The Morgan fingerprint density at radius 1 is 0.795 bits per heavy atom. The van der Waals surface area contributed by atoms with E-state index in [1.807, 2.05) is 0 Å². The quantitative estimate of drug-likeness (QED) is 0.308. The van der Waals surface area contributed by atoms with Crippen LogP contribution in [0.1, 0.15) is 137 Å². The molecule has 44 heavy (non-hydrogen) atoms. The third kappa shape index (κ3) is 10.7. The smallest absolute Gasteiger partial charge is 0.243 e. The lowest BCUT2D eigenvalue weighted by Gasteiger charge is -2.39. The van der Waals surface area contributed by atoms with E-state index in [-0.39, 0.29) is 36.0 Å². The summed E-state index contributed by atoms with van der Waals surface area (Å²) >= 11 is 0. The van der Waals surface area contributed by atoms with Gasteiger partial charge in [-0.25, -0.2) is 0 Å². The molecule has 0 aromatic carbocycles. The highest BCUT2D eigenvalue weighted by molar-refractivity contribution is 5.93. The summed E-state index contributed by atoms with van der Waals surface area (Å²) in [5, 5.41) is 9.53. The van der Waals surface area contributed by atoms with Crippen molar-refractivity contribution in [1.82, 2.24) is 20.9 Å². The van der Waals surface area contributed by atoms with Crippen LogP contribution < -0.4 is 16.0 Å². The van der Waals surface area contributed by atoms with Gasteiger partial charge in [0.1, 0.15) is 12.1 Å². The van der Waals surface area contributed by atoms with E-state index in [0.717, 1.165) is 77.3 Å². The Labute approximate surface area is 267 Å². The van der Waals surface area contributed by atoms with Crippen LogP contribution in [0, 0.1) is 23.7 Å². The van der Waals surface area contributed by atoms with Gasteiger partial charge >= 0.3 is 0 Å². The SMILES string of the molecule is CCN(CC)[C@H]1CC2CCCC(C2)OC2CCCC(C2)C[C@@H](C(=O)NCC(C)C)NC(=O)[C@H](CCC2CCCCC2)NC1=O. The molecular weight excluding hydrogens is 552 g/mol. The van der Waals surface area contributed by atoms with Gasteiger partial charge in [0.05, 0.1) is 18.2 Å². The maximum atomic E-state index is 14.1. The number of nitrogens with one attached hydrogen (secondary N) is 3. The van der Waals surface area contributed by atoms with E-state index in [1.165, 1.54) is 32.1 Å². The monoisotopic (exact) mass is 616 g/mol. The van der Waals surface area contributed by atoms with Crippen molar-refractivity contribution in [3.05, 3.63) is 0 Å². The van der Waals surface area contributed by atoms with E-state index < -0.39 is 12.1 Å². The van der Waals surface area contributed by atoms with Gasteiger partial charge in [-0.05, 0) is 88.1 Å². The van der Waals surface area contributed by atoms with Gasteiger partial charge in [0, 0.05) is 6.54 Å². The second kappa shape index (κ2) is 17.9. The van der Waals surface area contributed by atoms with E-state index in [2.05, 4.69) is 48.5 Å². The highest BCUT2D eigenvalue weighted by Crippen LogP contribution is 2.36. The van der Waals surface area contributed by atoms with Crippen LogP contribution in [0.15, 0.2) is 0 Å². The molecule has 252 valence electrons. The number of carbonyl (C=O) groups is 3. The predicted octanol–water partition coefficient (Wildman–Crippen LogP) is 5.73. The molecule has 3 saturated carbocycles. The fraction of sp³-hybridized carbons (Fsp3) is 0.917. The van der Waals surface area contributed by atoms with Crippen molar-refractivity contribution in [3.63, 3.8) is 0 Å². The van der Waals surface area contributed by atoms with E-state index >= 15 is 0 Å². The van der Waals surface area contributed by atoms with Crippen molar-refractivity contribution in [3.8, 4) is 0 Å². The summed E-state index contributed by atoms with van der Waals surface area (Å²) in [5.74, 6) is 1.36. The standard InChI is InChI=1S/C36H64N4O4/c1-5-40(6-2)33-23-28-15-11-17-30(21-28)44-29-16-10-14-27(20-29)22-32(34(41)37-24-25(3)4)39-35(42)31(38-36(33)43)19-18-26-12-8-7-9-13-26/h25-33H,5-24H2,1-4H3,(H,37,41)(H,38,43)(H,39,42)/t27?,28?,29?,30?,31-,32-,33-/m0/s1. The fourth-order valence-corrected chi connectivity index (χ4v) is 8.51. The molecule has 4 bridgehead atoms. The van der Waals surface area contributed by atoms with Crippen LogP contribution in [0.3, 0.4) is 0 Å². The Hall–Kier alpha value is -1.67. The first kappa shape index (κ1) is 35.2. The number of hydrogen-bond acceptors (Lipinski definition) is 5. The highest BCUT2D eigenvalue weighted by Gasteiger charge is 2.37. The number of rotatable bonds is 9. The summed E-state index contributed by atoms with van der Waals surface area (Å²) in [6.07, 6.45) is 18.2. The van der Waals surface area contributed by atoms with E-state index in [1.54, 1.807) is 0 Å². The number of hydrogen-bond donors (Lipinski definition) is 3. The molecule has 1 aliphatic heterocycles. The molecule has 1 saturated heterocycles. The number of ether oxygens (including phenoxy) is 1. The topological polar surface area (TPSA) is 99.8 Å². The van der Waals surface area contributed by atoms with Crippen LogP contribution in [-0.2, 0) is 19.1 Å². The Morgan fingerprint density at radius 3 is 2.05 bits per heavy atom. The molecule has 4 aliphatic rings. The molecular formula is C36H64N4O4. The minimum absolute atomic E-state index is 0.0368. The average Bonchev–Trinajstić information content (AvgIpc) is 3.02. The summed E-state index contributed by atoms with van der Waals surface area (Å²) in [4.78, 5) is 44.0. The first-order chi connectivity index (χ1) is 21.2. The van der Waals surface area contributed by atoms with E-state index in [9.17, 15) is 14.4 Å². The lowest BCUT2D eigenvalue weighted by Crippen LogP contribution is -2.57. The van der Waals surface area contributed by atoms with Gasteiger partial charge < -0.3 is 20.7 Å². The Kier molecular flexibility index (Phi) is 14.3. The predicted molar refractivity (Wildman–Crippen MR) is 176 cm³/mol. The highest BCUT2D eigenvalue weighted by atomic mass is 16.5. The van der Waals surface area contributed by atoms with Crippen molar-refractivity contribution in [2.75, 3.05) is 19.6 Å². The third-order valence-electron chi connectivity index (χ3n) is 11.1. The molecule has 0 aromatic rings. The molecule has 8 heteroatoms. The molecule has 3 N–H and O–H groups in total. The number of likely N-dealkylation sites (N-methyl/N-ethyl adjacent to an activating group) is 1. The van der Waals surface area contributed by atoms with Gasteiger partial charge in [-0.3, -0.25) is 19.3 Å². The van der Waals surface area contributed by atoms with Crippen LogP contribution in [0.5, 0.6) is 0 Å². The molecule has 3 aliphatic carbocycles. The lowest BCUT2D eigenvalue weighted by atomic mass is 9.80. The minimum Gasteiger partial charge on any atom is -0.375 e. The zero-order chi connectivity index (χ0) is 31.5. The first-order valence-corrected chi connectivity index (χ1v) is 18.5. The van der Waals surface area contributed by atoms with Crippen LogP contribution in [0.2, 0.25) is 0 Å². The van der Waals surface area contributed by atoms with Crippen LogP contribution in [0.4, 0.5) is 0 Å². The summed E-state index contributed by atoms with van der Waals surface area (Å²) in [5.41, 5.74) is 0. The summed E-state index contributed by atoms with van der Waals surface area (Å²) < 4.78 is 6.77. The normalized spacial score (nSPS) is 33.1. The molecule has 1 heterocycles. The van der Waals surface area contributed by atoms with Crippen molar-refractivity contribution in [2.24, 2.45) is 23.7 Å². The van der Waals surface area contributed by atoms with Gasteiger partial charge in [0.2, 0.25) is 17.7 Å². The molecule has 0 aromatic heterocycles. The molecule has 4 rings (SSSR count). The molecule has 0 radical (unpaired) electrons. The van der Waals surface area contributed by atoms with Crippen molar-refractivity contribution >= 4 is 17.7 Å². The van der Waals surface area contributed by atoms with Gasteiger partial charge in [0.15, 0.2) is 0 Å². The van der Waals surface area contributed by atoms with Crippen molar-refractivity contribution in [1.29, 1.82) is 0 Å². The zero-order valence-corrected chi connectivity index (χ0v) is 28.4. The molecule has 4 fully saturated rings. The molecule has 4 unspecified atom stereocenters. The van der Waals surface area contributed by atoms with Crippen LogP contribution in [-0.4, -0.2) is 72.6 Å². The van der Waals surface area contributed by atoms with Gasteiger partial charge in [-0.15, -0.1) is 0 Å². The zero-order valence-electron chi connectivity index (χ0n) is 28.4. The van der Waals surface area contributed by atoms with Crippen molar-refractivity contribution < 1.29 is 19.1 Å². The number of amides is 3. The van der Waals surface area contributed by atoms with Crippen LogP contribution in [0.25, 0.3) is 0 Å². The Bertz CT molecular complexity index is 903. The maximum Gasteiger partial charge on any atom is 0.243 e. The molecule has 3 amide bonds. The van der Waals surface area contributed by atoms with Gasteiger partial charge in [0.25, 0.3) is 0 Å². The second-order valence-electron chi connectivity index (χ2n) is 15.0. The summed E-state index contributed by atoms with van der Waals surface area (Å²) in [6, 6.07) is -1.50. The van der Waals surface area contributed by atoms with Gasteiger partial charge in [-0.2, -0.15) is 0 Å². The Morgan fingerprint density at radius 2 is 1.43 bits per heavy atom. The lowest BCUT2D eigenvalue weighted by molar-refractivity contribution is -0.135. The average molecular weight is 617 g/mol. The van der Waals surface area contributed by atoms with Crippen LogP contribution >= 0.6 is 0 Å². The second-order valence-corrected chi connectivity index (χ2v) is 15.0. The molecule has 7 atom stereocenters. The number of nitrogens with zero attached hydrogens (tertiary/aromatic N) is 1. The summed E-state index contributed by atoms with van der Waals surface area (Å²) in [6.45, 7) is 10.6. The fourth-order valence-electron chi connectivity index (χ4n) is 8.51. The Balaban J connectivity index is 1.60. The van der Waals surface area contributed by atoms with Crippen molar-refractivity contribution in [2.45, 2.75) is 167 Å². The molecule has 8 nitrogen and oxygen atoms in total. The number of fused-ring (bicyclic) bond motifs is 4. The first-order valence-electron chi connectivity index (χ1n) is 18.5. The van der Waals surface area contributed by atoms with E-state index in [4.69, 9.17) is 4.74 Å². The largest absolute Gasteiger partial charge is 0.375 e. The maximum absolute atomic E-state index is 14.1. The van der Waals surface area contributed by atoms with E-state index in [0.29, 0.717) is 43.1 Å². The third-order valence-corrected chi connectivity index (χ3v) is 11.1.